The number of oxazole rings is 1. The number of hydrogen-bond acceptors (Lipinski definition) is 7. The molecular formula is C22H23N3O6. The summed E-state index contributed by atoms with van der Waals surface area (Å²) in [6, 6.07) is 13.1. The SMILES string of the molecule is CNc1cccc(CCOc2ccc(CC(CC(=O)O)c3nc(C(=O)O)co3)cc2)n1. The Balaban J connectivity index is 1.59. The van der Waals surface area contributed by atoms with Gasteiger partial charge in [0.05, 0.1) is 18.9 Å². The van der Waals surface area contributed by atoms with Crippen LogP contribution in [0.1, 0.15) is 40.0 Å². The molecule has 0 amide bonds. The van der Waals surface area contributed by atoms with Crippen LogP contribution in [-0.2, 0) is 17.6 Å². The summed E-state index contributed by atoms with van der Waals surface area (Å²) in [6.07, 6.45) is 1.79. The van der Waals surface area contributed by atoms with Crippen LogP contribution in [0, 0.1) is 0 Å². The average Bonchev–Trinajstić information content (AvgIpc) is 3.25. The molecule has 0 aliphatic heterocycles. The zero-order chi connectivity index (χ0) is 22.2. The van der Waals surface area contributed by atoms with Crippen LogP contribution >= 0.6 is 0 Å². The number of carboxylic acids is 2. The van der Waals surface area contributed by atoms with E-state index in [2.05, 4.69) is 15.3 Å². The number of rotatable bonds is 11. The number of ether oxygens (including phenoxy) is 1. The lowest BCUT2D eigenvalue weighted by atomic mass is 9.96. The smallest absolute Gasteiger partial charge is 0.357 e. The largest absolute Gasteiger partial charge is 0.493 e. The lowest BCUT2D eigenvalue weighted by Gasteiger charge is -2.12. The van der Waals surface area contributed by atoms with Gasteiger partial charge in [0, 0.05) is 19.2 Å². The van der Waals surface area contributed by atoms with Gasteiger partial charge in [-0.25, -0.2) is 14.8 Å². The van der Waals surface area contributed by atoms with Crippen molar-refractivity contribution in [1.82, 2.24) is 9.97 Å². The molecule has 3 N–H and O–H groups in total. The average molecular weight is 425 g/mol. The predicted molar refractivity (Wildman–Crippen MR) is 112 cm³/mol. The first-order valence-electron chi connectivity index (χ1n) is 9.70. The van der Waals surface area contributed by atoms with Crippen LogP contribution in [-0.4, -0.2) is 45.8 Å². The van der Waals surface area contributed by atoms with Crippen molar-refractivity contribution < 1.29 is 29.0 Å². The molecule has 0 aliphatic rings. The fourth-order valence-electron chi connectivity index (χ4n) is 3.07. The third kappa shape index (κ3) is 6.30. The zero-order valence-corrected chi connectivity index (χ0v) is 16.9. The molecule has 1 aromatic carbocycles. The second kappa shape index (κ2) is 10.2. The number of carboxylic acid groups (broad SMARTS) is 2. The van der Waals surface area contributed by atoms with Gasteiger partial charge in [0.25, 0.3) is 0 Å². The number of carbonyl (C=O) groups is 2. The fourth-order valence-corrected chi connectivity index (χ4v) is 3.07. The Morgan fingerprint density at radius 1 is 1.13 bits per heavy atom. The quantitative estimate of drug-likeness (QED) is 0.423. The molecule has 3 aromatic rings. The van der Waals surface area contributed by atoms with Crippen molar-refractivity contribution in [2.45, 2.75) is 25.2 Å². The normalized spacial score (nSPS) is 11.6. The van der Waals surface area contributed by atoms with Gasteiger partial charge in [-0.1, -0.05) is 18.2 Å². The number of benzene rings is 1. The number of aromatic nitrogens is 2. The van der Waals surface area contributed by atoms with Crippen molar-refractivity contribution in [2.75, 3.05) is 19.0 Å². The highest BCUT2D eigenvalue weighted by atomic mass is 16.5. The summed E-state index contributed by atoms with van der Waals surface area (Å²) in [5.74, 6) is -1.24. The number of nitrogens with one attached hydrogen (secondary N) is 1. The predicted octanol–water partition coefficient (Wildman–Crippen LogP) is 3.23. The van der Waals surface area contributed by atoms with E-state index < -0.39 is 17.9 Å². The summed E-state index contributed by atoms with van der Waals surface area (Å²) in [5, 5.41) is 21.2. The number of nitrogens with zero attached hydrogens (tertiary/aromatic N) is 2. The van der Waals surface area contributed by atoms with Crippen molar-refractivity contribution in [3.63, 3.8) is 0 Å². The van der Waals surface area contributed by atoms with Gasteiger partial charge in [0.2, 0.25) is 0 Å². The van der Waals surface area contributed by atoms with Crippen molar-refractivity contribution in [1.29, 1.82) is 0 Å². The third-order valence-electron chi connectivity index (χ3n) is 4.61. The van der Waals surface area contributed by atoms with E-state index >= 15 is 0 Å². The number of aliphatic carboxylic acids is 1. The van der Waals surface area contributed by atoms with E-state index in [1.807, 2.05) is 49.5 Å². The Bertz CT molecular complexity index is 1030. The van der Waals surface area contributed by atoms with E-state index in [1.54, 1.807) is 0 Å². The first kappa shape index (κ1) is 21.8. The van der Waals surface area contributed by atoms with Gasteiger partial charge < -0.3 is 24.7 Å². The molecule has 0 spiro atoms. The molecule has 162 valence electrons. The van der Waals surface area contributed by atoms with Gasteiger partial charge in [-0.05, 0) is 36.2 Å². The molecule has 9 nitrogen and oxygen atoms in total. The Kier molecular flexibility index (Phi) is 7.21. The van der Waals surface area contributed by atoms with Crippen molar-refractivity contribution in [3.05, 3.63) is 71.6 Å². The molecule has 1 unspecified atom stereocenters. The first-order valence-corrected chi connectivity index (χ1v) is 9.70. The highest BCUT2D eigenvalue weighted by Crippen LogP contribution is 2.25. The zero-order valence-electron chi connectivity index (χ0n) is 16.9. The summed E-state index contributed by atoms with van der Waals surface area (Å²) < 4.78 is 11.0. The van der Waals surface area contributed by atoms with Crippen LogP contribution in [0.15, 0.2) is 53.1 Å². The number of hydrogen-bond donors (Lipinski definition) is 3. The summed E-state index contributed by atoms with van der Waals surface area (Å²) in [4.78, 5) is 30.6. The topological polar surface area (TPSA) is 135 Å². The Morgan fingerprint density at radius 3 is 2.55 bits per heavy atom. The minimum absolute atomic E-state index is 0.0939. The molecule has 0 fully saturated rings. The number of anilines is 1. The second-order valence-electron chi connectivity index (χ2n) is 6.88. The molecule has 1 atom stereocenters. The molecule has 2 heterocycles. The van der Waals surface area contributed by atoms with Crippen LogP contribution < -0.4 is 10.1 Å². The van der Waals surface area contributed by atoms with E-state index in [9.17, 15) is 14.7 Å². The van der Waals surface area contributed by atoms with Crippen molar-refractivity contribution >= 4 is 17.8 Å². The highest BCUT2D eigenvalue weighted by molar-refractivity contribution is 5.84. The summed E-state index contributed by atoms with van der Waals surface area (Å²) in [6.45, 7) is 0.468. The maximum atomic E-state index is 11.2. The minimum Gasteiger partial charge on any atom is -0.493 e. The summed E-state index contributed by atoms with van der Waals surface area (Å²) in [7, 11) is 1.82. The van der Waals surface area contributed by atoms with Gasteiger partial charge in [-0.2, -0.15) is 0 Å². The molecule has 0 bridgehead atoms. The lowest BCUT2D eigenvalue weighted by Crippen LogP contribution is -2.10. The van der Waals surface area contributed by atoms with E-state index in [-0.39, 0.29) is 18.0 Å². The van der Waals surface area contributed by atoms with Gasteiger partial charge in [0.15, 0.2) is 11.6 Å². The maximum absolute atomic E-state index is 11.2. The molecule has 3 rings (SSSR count). The molecule has 0 saturated carbocycles. The summed E-state index contributed by atoms with van der Waals surface area (Å²) in [5.41, 5.74) is 1.53. The fraction of sp³-hybridized carbons (Fsp3) is 0.273. The van der Waals surface area contributed by atoms with Gasteiger partial charge in [-0.3, -0.25) is 4.79 Å². The van der Waals surface area contributed by atoms with Gasteiger partial charge in [0.1, 0.15) is 17.8 Å². The van der Waals surface area contributed by atoms with E-state index in [4.69, 9.17) is 14.3 Å². The van der Waals surface area contributed by atoms with Crippen LogP contribution in [0.2, 0.25) is 0 Å². The van der Waals surface area contributed by atoms with Crippen molar-refractivity contribution in [2.24, 2.45) is 0 Å². The number of aromatic carboxylic acids is 1. The summed E-state index contributed by atoms with van der Waals surface area (Å²) >= 11 is 0. The molecule has 2 aromatic heterocycles. The molecular weight excluding hydrogens is 402 g/mol. The molecule has 0 aliphatic carbocycles. The monoisotopic (exact) mass is 425 g/mol. The standard InChI is InChI=1S/C22H23N3O6/c1-23-19-4-2-3-16(24-19)9-10-30-17-7-5-14(6-8-17)11-15(12-20(26)27)21-25-18(13-31-21)22(28)29/h2-8,13,15H,9-12H2,1H3,(H,23,24)(H,26,27)(H,28,29). The minimum atomic E-state index is -1.22. The molecule has 0 radical (unpaired) electrons. The Morgan fingerprint density at radius 2 is 1.90 bits per heavy atom. The van der Waals surface area contributed by atoms with Crippen molar-refractivity contribution in [3.8, 4) is 5.75 Å². The first-order chi connectivity index (χ1) is 14.9. The van der Waals surface area contributed by atoms with Crippen LogP contribution in [0.4, 0.5) is 5.82 Å². The highest BCUT2D eigenvalue weighted by Gasteiger charge is 2.23. The lowest BCUT2D eigenvalue weighted by molar-refractivity contribution is -0.137. The molecule has 0 saturated heterocycles. The number of pyridine rings is 1. The Labute approximate surface area is 178 Å². The van der Waals surface area contributed by atoms with E-state index in [0.717, 1.165) is 23.3 Å². The van der Waals surface area contributed by atoms with Gasteiger partial charge >= 0.3 is 11.9 Å². The van der Waals surface area contributed by atoms with Crippen LogP contribution in [0.25, 0.3) is 0 Å². The maximum Gasteiger partial charge on any atom is 0.357 e. The molecule has 31 heavy (non-hydrogen) atoms. The second-order valence-corrected chi connectivity index (χ2v) is 6.88. The van der Waals surface area contributed by atoms with Gasteiger partial charge in [-0.15, -0.1) is 0 Å². The third-order valence-corrected chi connectivity index (χ3v) is 4.61. The van der Waals surface area contributed by atoms with E-state index in [0.29, 0.717) is 25.2 Å². The van der Waals surface area contributed by atoms with E-state index in [1.165, 1.54) is 0 Å². The molecule has 9 heteroatoms. The van der Waals surface area contributed by atoms with Crippen LogP contribution in [0.3, 0.4) is 0 Å². The van der Waals surface area contributed by atoms with Crippen LogP contribution in [0.5, 0.6) is 5.75 Å². The Hall–Kier alpha value is -3.88.